The van der Waals surface area contributed by atoms with Gasteiger partial charge in [-0.05, 0) is 13.0 Å². The van der Waals surface area contributed by atoms with E-state index in [2.05, 4.69) is 23.9 Å². The third-order valence-corrected chi connectivity index (χ3v) is 4.11. The standard InChI is InChI=1S/C10H23N3O3S/c1-10(2)11-4-3-5-12-17(14,15)13-6-8-16-9-7-13/h10-12H,3-9H2,1-2H3. The van der Waals surface area contributed by atoms with Gasteiger partial charge in [0.1, 0.15) is 0 Å². The van der Waals surface area contributed by atoms with Gasteiger partial charge in [-0.3, -0.25) is 0 Å². The van der Waals surface area contributed by atoms with Crippen molar-refractivity contribution in [2.75, 3.05) is 39.4 Å². The summed E-state index contributed by atoms with van der Waals surface area (Å²) in [6.45, 7) is 7.28. The molecule has 0 aromatic heterocycles. The van der Waals surface area contributed by atoms with E-state index in [1.165, 1.54) is 4.31 Å². The van der Waals surface area contributed by atoms with Crippen molar-refractivity contribution in [3.63, 3.8) is 0 Å². The van der Waals surface area contributed by atoms with Gasteiger partial charge in [0.15, 0.2) is 0 Å². The number of hydrogen-bond donors (Lipinski definition) is 2. The Morgan fingerprint density at radius 2 is 1.88 bits per heavy atom. The molecule has 1 rings (SSSR count). The lowest BCUT2D eigenvalue weighted by atomic mass is 10.3. The van der Waals surface area contributed by atoms with Crippen LogP contribution in [0.4, 0.5) is 0 Å². The van der Waals surface area contributed by atoms with Gasteiger partial charge in [-0.25, -0.2) is 4.72 Å². The molecule has 0 radical (unpaired) electrons. The minimum absolute atomic E-state index is 0.436. The first kappa shape index (κ1) is 14.8. The van der Waals surface area contributed by atoms with E-state index in [0.717, 1.165) is 13.0 Å². The molecule has 0 aliphatic carbocycles. The Morgan fingerprint density at radius 1 is 1.24 bits per heavy atom. The summed E-state index contributed by atoms with van der Waals surface area (Å²) in [4.78, 5) is 0. The van der Waals surface area contributed by atoms with E-state index in [-0.39, 0.29) is 0 Å². The lowest BCUT2D eigenvalue weighted by molar-refractivity contribution is 0.0725. The van der Waals surface area contributed by atoms with E-state index >= 15 is 0 Å². The van der Waals surface area contributed by atoms with Gasteiger partial charge in [-0.1, -0.05) is 13.8 Å². The van der Waals surface area contributed by atoms with E-state index in [9.17, 15) is 8.42 Å². The van der Waals surface area contributed by atoms with E-state index in [1.54, 1.807) is 0 Å². The summed E-state index contributed by atoms with van der Waals surface area (Å²) in [6.07, 6.45) is 0.793. The lowest BCUT2D eigenvalue weighted by Crippen LogP contribution is -2.47. The Hall–Kier alpha value is -0.210. The van der Waals surface area contributed by atoms with Crippen molar-refractivity contribution in [1.29, 1.82) is 0 Å². The zero-order chi connectivity index (χ0) is 12.7. The molecule has 0 spiro atoms. The number of rotatable bonds is 7. The van der Waals surface area contributed by atoms with E-state index in [4.69, 9.17) is 4.74 Å². The number of hydrogen-bond acceptors (Lipinski definition) is 4. The van der Waals surface area contributed by atoms with Crippen LogP contribution in [0.2, 0.25) is 0 Å². The summed E-state index contributed by atoms with van der Waals surface area (Å²) < 4.78 is 32.8. The first-order valence-electron chi connectivity index (χ1n) is 6.08. The molecule has 0 aromatic carbocycles. The van der Waals surface area contributed by atoms with Crippen molar-refractivity contribution >= 4 is 10.2 Å². The van der Waals surface area contributed by atoms with Gasteiger partial charge in [-0.15, -0.1) is 0 Å². The van der Waals surface area contributed by atoms with Crippen molar-refractivity contribution in [3.05, 3.63) is 0 Å². The van der Waals surface area contributed by atoms with Crippen molar-refractivity contribution < 1.29 is 13.2 Å². The largest absolute Gasteiger partial charge is 0.379 e. The lowest BCUT2D eigenvalue weighted by Gasteiger charge is -2.26. The summed E-state index contributed by atoms with van der Waals surface area (Å²) in [5.41, 5.74) is 0. The van der Waals surface area contributed by atoms with Crippen LogP contribution in [0.1, 0.15) is 20.3 Å². The second-order valence-electron chi connectivity index (χ2n) is 4.37. The predicted octanol–water partition coefficient (Wildman–Crippen LogP) is -0.459. The Balaban J connectivity index is 2.20. The molecule has 17 heavy (non-hydrogen) atoms. The highest BCUT2D eigenvalue weighted by molar-refractivity contribution is 7.87. The second-order valence-corrected chi connectivity index (χ2v) is 6.13. The van der Waals surface area contributed by atoms with Gasteiger partial charge in [0.2, 0.25) is 0 Å². The molecule has 0 saturated carbocycles. The fourth-order valence-corrected chi connectivity index (χ4v) is 2.77. The molecule has 102 valence electrons. The minimum Gasteiger partial charge on any atom is -0.379 e. The maximum Gasteiger partial charge on any atom is 0.279 e. The van der Waals surface area contributed by atoms with Crippen LogP contribution >= 0.6 is 0 Å². The third kappa shape index (κ3) is 5.78. The molecule has 0 aromatic rings. The van der Waals surface area contributed by atoms with Gasteiger partial charge >= 0.3 is 0 Å². The number of ether oxygens (including phenoxy) is 1. The maximum atomic E-state index is 11.8. The molecule has 6 nitrogen and oxygen atoms in total. The Bertz CT molecular complexity index is 300. The van der Waals surface area contributed by atoms with Gasteiger partial charge in [0, 0.05) is 25.7 Å². The van der Waals surface area contributed by atoms with Gasteiger partial charge < -0.3 is 10.1 Å². The Labute approximate surface area is 104 Å². The highest BCUT2D eigenvalue weighted by atomic mass is 32.2. The van der Waals surface area contributed by atoms with E-state index < -0.39 is 10.2 Å². The molecule has 0 atom stereocenters. The van der Waals surface area contributed by atoms with Crippen LogP contribution < -0.4 is 10.0 Å². The van der Waals surface area contributed by atoms with Crippen LogP contribution in [0.15, 0.2) is 0 Å². The van der Waals surface area contributed by atoms with Crippen LogP contribution in [0.25, 0.3) is 0 Å². The first-order valence-corrected chi connectivity index (χ1v) is 7.52. The number of nitrogens with one attached hydrogen (secondary N) is 2. The average molecular weight is 265 g/mol. The average Bonchev–Trinajstić information content (AvgIpc) is 2.29. The smallest absolute Gasteiger partial charge is 0.279 e. The molecule has 0 amide bonds. The normalized spacial score (nSPS) is 18.8. The van der Waals surface area contributed by atoms with Crippen LogP contribution in [-0.2, 0) is 14.9 Å². The monoisotopic (exact) mass is 265 g/mol. The van der Waals surface area contributed by atoms with Gasteiger partial charge in [-0.2, -0.15) is 12.7 Å². The van der Waals surface area contributed by atoms with Crippen molar-refractivity contribution in [2.24, 2.45) is 0 Å². The van der Waals surface area contributed by atoms with E-state index in [1.807, 2.05) is 0 Å². The second kappa shape index (κ2) is 7.27. The van der Waals surface area contributed by atoms with Crippen molar-refractivity contribution in [1.82, 2.24) is 14.3 Å². The zero-order valence-electron chi connectivity index (χ0n) is 10.6. The fraction of sp³-hybridized carbons (Fsp3) is 1.00. The van der Waals surface area contributed by atoms with Crippen molar-refractivity contribution in [2.45, 2.75) is 26.3 Å². The molecule has 1 aliphatic rings. The first-order chi connectivity index (χ1) is 8.02. The highest BCUT2D eigenvalue weighted by Gasteiger charge is 2.23. The molecular weight excluding hydrogens is 242 g/mol. The molecule has 0 unspecified atom stereocenters. The molecule has 0 bridgehead atoms. The topological polar surface area (TPSA) is 70.7 Å². The van der Waals surface area contributed by atoms with Crippen LogP contribution in [-0.4, -0.2) is 58.2 Å². The zero-order valence-corrected chi connectivity index (χ0v) is 11.4. The highest BCUT2D eigenvalue weighted by Crippen LogP contribution is 2.02. The SMILES string of the molecule is CC(C)NCCCNS(=O)(=O)N1CCOCC1. The van der Waals surface area contributed by atoms with Crippen LogP contribution in [0, 0.1) is 0 Å². The van der Waals surface area contributed by atoms with Crippen LogP contribution in [0.5, 0.6) is 0 Å². The summed E-state index contributed by atoms with van der Waals surface area (Å²) in [5.74, 6) is 0. The predicted molar refractivity (Wildman–Crippen MR) is 67.1 cm³/mol. The summed E-state index contributed by atoms with van der Waals surface area (Å²) in [6, 6.07) is 0.436. The van der Waals surface area contributed by atoms with E-state index in [0.29, 0.717) is 38.9 Å². The minimum atomic E-state index is -3.31. The van der Waals surface area contributed by atoms with Crippen molar-refractivity contribution in [3.8, 4) is 0 Å². The Kier molecular flexibility index (Phi) is 6.35. The number of nitrogens with zero attached hydrogens (tertiary/aromatic N) is 1. The van der Waals surface area contributed by atoms with Gasteiger partial charge in [0.05, 0.1) is 13.2 Å². The molecule has 7 heteroatoms. The quantitative estimate of drug-likeness (QED) is 0.611. The summed E-state index contributed by atoms with van der Waals surface area (Å²) in [7, 11) is -3.31. The molecule has 1 fully saturated rings. The molecule has 1 saturated heterocycles. The molecule has 1 heterocycles. The third-order valence-electron chi connectivity index (χ3n) is 2.50. The molecule has 2 N–H and O–H groups in total. The fourth-order valence-electron chi connectivity index (χ4n) is 1.56. The summed E-state index contributed by atoms with van der Waals surface area (Å²) in [5, 5.41) is 3.24. The van der Waals surface area contributed by atoms with Gasteiger partial charge in [0.25, 0.3) is 10.2 Å². The van der Waals surface area contributed by atoms with Crippen LogP contribution in [0.3, 0.4) is 0 Å². The maximum absolute atomic E-state index is 11.8. The number of morpholine rings is 1. The Morgan fingerprint density at radius 3 is 2.47 bits per heavy atom. The molecular formula is C10H23N3O3S. The summed E-state index contributed by atoms with van der Waals surface area (Å²) >= 11 is 0. The molecule has 1 aliphatic heterocycles.